The molecule has 3 aliphatic rings. The van der Waals surface area contributed by atoms with Crippen molar-refractivity contribution in [3.63, 3.8) is 0 Å². The summed E-state index contributed by atoms with van der Waals surface area (Å²) in [6.45, 7) is 5.16. The van der Waals surface area contributed by atoms with Crippen LogP contribution in [0.15, 0.2) is 23.6 Å². The Morgan fingerprint density at radius 2 is 1.85 bits per heavy atom. The van der Waals surface area contributed by atoms with E-state index in [1.807, 2.05) is 11.4 Å². The quantitative estimate of drug-likeness (QED) is 0.537. The number of hydrogen-bond acceptors (Lipinski definition) is 3. The van der Waals surface area contributed by atoms with Crippen LogP contribution in [0.2, 0.25) is 0 Å². The van der Waals surface area contributed by atoms with Crippen molar-refractivity contribution >= 4 is 27.3 Å². The van der Waals surface area contributed by atoms with Gasteiger partial charge in [-0.2, -0.15) is 13.2 Å². The monoisotopic (exact) mass is 478 g/mol. The Kier molecular flexibility index (Phi) is 6.47. The van der Waals surface area contributed by atoms with Crippen LogP contribution in [0.25, 0.3) is 10.1 Å². The van der Waals surface area contributed by atoms with E-state index < -0.39 is 11.7 Å². The lowest BCUT2D eigenvalue weighted by Gasteiger charge is -2.32. The smallest absolute Gasteiger partial charge is 0.353 e. The van der Waals surface area contributed by atoms with Crippen molar-refractivity contribution in [3.8, 4) is 0 Å². The van der Waals surface area contributed by atoms with Crippen LogP contribution in [0.1, 0.15) is 68.9 Å². The minimum absolute atomic E-state index is 0.170. The third-order valence-corrected chi connectivity index (χ3v) is 9.12. The summed E-state index contributed by atoms with van der Waals surface area (Å²) < 4.78 is 40.4. The molecule has 2 aromatic rings. The van der Waals surface area contributed by atoms with Gasteiger partial charge in [0, 0.05) is 23.2 Å². The standard InChI is InChI=1S/C26H33F3N2OS/c1-16-5-7-19(8-6-16)30-25(32)21-13-18(21)14-31-11-9-17(10-12-31)22-15-33-24-20(22)3-2-4-23(24)26(27,28)29/h2-4,15-19,21H,5-14H2,1H3,(H,30,32)/t16?,18-,19?,21+/m0/s1. The Hall–Kier alpha value is -1.60. The normalized spacial score (nSPS) is 29.3. The summed E-state index contributed by atoms with van der Waals surface area (Å²) in [5.41, 5.74) is 0.556. The van der Waals surface area contributed by atoms with Crippen molar-refractivity contribution in [2.24, 2.45) is 17.8 Å². The van der Waals surface area contributed by atoms with E-state index >= 15 is 0 Å². The number of rotatable bonds is 5. The second-order valence-corrected chi connectivity index (χ2v) is 11.4. The molecule has 3 fully saturated rings. The maximum Gasteiger partial charge on any atom is 0.417 e. The predicted molar refractivity (Wildman–Crippen MR) is 126 cm³/mol. The molecule has 0 spiro atoms. The number of nitrogens with one attached hydrogen (secondary N) is 1. The van der Waals surface area contributed by atoms with E-state index in [9.17, 15) is 18.0 Å². The first-order valence-electron chi connectivity index (χ1n) is 12.4. The third-order valence-electron chi connectivity index (χ3n) is 8.08. The van der Waals surface area contributed by atoms with Crippen molar-refractivity contribution in [2.75, 3.05) is 19.6 Å². The lowest BCUT2D eigenvalue weighted by Crippen LogP contribution is -2.39. The summed E-state index contributed by atoms with van der Waals surface area (Å²) in [5.74, 6) is 1.97. The van der Waals surface area contributed by atoms with Gasteiger partial charge >= 0.3 is 6.18 Å². The molecule has 5 rings (SSSR count). The summed E-state index contributed by atoms with van der Waals surface area (Å²) in [4.78, 5) is 15.1. The molecule has 2 aliphatic carbocycles. The molecule has 1 amide bonds. The molecule has 3 nitrogen and oxygen atoms in total. The molecule has 1 N–H and O–H groups in total. The fourth-order valence-corrected chi connectivity index (χ4v) is 7.05. The Bertz CT molecular complexity index is 987. The minimum Gasteiger partial charge on any atom is -0.353 e. The summed E-state index contributed by atoms with van der Waals surface area (Å²) in [7, 11) is 0. The number of likely N-dealkylation sites (tertiary alicyclic amines) is 1. The molecule has 0 unspecified atom stereocenters. The second-order valence-electron chi connectivity index (χ2n) is 10.5. The zero-order valence-electron chi connectivity index (χ0n) is 19.2. The molecule has 2 saturated carbocycles. The number of carbonyl (C=O) groups excluding carboxylic acids is 1. The van der Waals surface area contributed by atoms with E-state index in [4.69, 9.17) is 0 Å². The van der Waals surface area contributed by atoms with Crippen molar-refractivity contribution in [3.05, 3.63) is 34.7 Å². The molecule has 1 aromatic carbocycles. The van der Waals surface area contributed by atoms with Gasteiger partial charge in [0.25, 0.3) is 0 Å². The zero-order valence-corrected chi connectivity index (χ0v) is 20.0. The fraction of sp³-hybridized carbons (Fsp3) is 0.654. The number of halogens is 3. The Labute approximate surface area is 197 Å². The molecule has 0 bridgehead atoms. The van der Waals surface area contributed by atoms with E-state index in [1.165, 1.54) is 36.3 Å². The number of benzene rings is 1. The predicted octanol–water partition coefficient (Wildman–Crippen LogP) is 6.43. The summed E-state index contributed by atoms with van der Waals surface area (Å²) in [6, 6.07) is 4.91. The molecule has 1 saturated heterocycles. The molecular weight excluding hydrogens is 445 g/mol. The molecule has 33 heavy (non-hydrogen) atoms. The second kappa shape index (κ2) is 9.21. The number of alkyl halides is 3. The summed E-state index contributed by atoms with van der Waals surface area (Å²) in [5, 5.41) is 6.00. The molecule has 0 radical (unpaired) electrons. The summed E-state index contributed by atoms with van der Waals surface area (Å²) in [6.07, 6.45) is 3.25. The lowest BCUT2D eigenvalue weighted by molar-refractivity contribution is -0.136. The third kappa shape index (κ3) is 5.09. The van der Waals surface area contributed by atoms with Crippen LogP contribution in [0, 0.1) is 17.8 Å². The fourth-order valence-electron chi connectivity index (χ4n) is 5.86. The van der Waals surface area contributed by atoms with Gasteiger partial charge in [0.05, 0.1) is 5.56 Å². The Balaban J connectivity index is 1.12. The van der Waals surface area contributed by atoms with Crippen LogP contribution in [0.3, 0.4) is 0 Å². The SMILES string of the molecule is CC1CCC(NC(=O)[C@@H]2C[C@H]2CN2CCC(c3csc4c(C(F)(F)F)cccc34)CC2)CC1. The van der Waals surface area contributed by atoms with Gasteiger partial charge in [-0.15, -0.1) is 11.3 Å². The first kappa shape index (κ1) is 23.2. The maximum absolute atomic E-state index is 13.4. The van der Waals surface area contributed by atoms with Crippen LogP contribution in [-0.2, 0) is 11.0 Å². The van der Waals surface area contributed by atoms with Crippen LogP contribution in [0.5, 0.6) is 0 Å². The van der Waals surface area contributed by atoms with E-state index in [1.54, 1.807) is 0 Å². The highest BCUT2D eigenvalue weighted by molar-refractivity contribution is 7.17. The van der Waals surface area contributed by atoms with Gasteiger partial charge in [-0.3, -0.25) is 4.79 Å². The van der Waals surface area contributed by atoms with Gasteiger partial charge in [0.15, 0.2) is 0 Å². The number of thiophene rings is 1. The number of hydrogen-bond donors (Lipinski definition) is 1. The van der Waals surface area contributed by atoms with E-state index in [2.05, 4.69) is 17.1 Å². The highest BCUT2D eigenvalue weighted by Gasteiger charge is 2.44. The van der Waals surface area contributed by atoms with E-state index in [-0.39, 0.29) is 11.8 Å². The van der Waals surface area contributed by atoms with Crippen LogP contribution in [-0.4, -0.2) is 36.5 Å². The van der Waals surface area contributed by atoms with Crippen LogP contribution in [0.4, 0.5) is 13.2 Å². The van der Waals surface area contributed by atoms with Crippen molar-refractivity contribution in [2.45, 2.75) is 70.0 Å². The van der Waals surface area contributed by atoms with Crippen molar-refractivity contribution in [1.82, 2.24) is 10.2 Å². The number of nitrogens with zero attached hydrogens (tertiary/aromatic N) is 1. The topological polar surface area (TPSA) is 32.3 Å². The van der Waals surface area contributed by atoms with Gasteiger partial charge < -0.3 is 10.2 Å². The Morgan fingerprint density at radius 3 is 2.55 bits per heavy atom. The Morgan fingerprint density at radius 1 is 1.12 bits per heavy atom. The molecule has 7 heteroatoms. The van der Waals surface area contributed by atoms with Gasteiger partial charge in [0.2, 0.25) is 5.91 Å². The highest BCUT2D eigenvalue weighted by atomic mass is 32.1. The number of carbonyl (C=O) groups is 1. The van der Waals surface area contributed by atoms with Crippen LogP contribution < -0.4 is 5.32 Å². The first-order valence-corrected chi connectivity index (χ1v) is 13.3. The largest absolute Gasteiger partial charge is 0.417 e. The van der Waals surface area contributed by atoms with E-state index in [0.29, 0.717) is 22.6 Å². The maximum atomic E-state index is 13.4. The average molecular weight is 479 g/mol. The van der Waals surface area contributed by atoms with Crippen molar-refractivity contribution < 1.29 is 18.0 Å². The summed E-state index contributed by atoms with van der Waals surface area (Å²) >= 11 is 1.22. The van der Waals surface area contributed by atoms with Gasteiger partial charge in [-0.25, -0.2) is 0 Å². The molecule has 2 atom stereocenters. The molecule has 2 heterocycles. The lowest BCUT2D eigenvalue weighted by atomic mass is 9.87. The van der Waals surface area contributed by atoms with E-state index in [0.717, 1.165) is 68.6 Å². The number of fused-ring (bicyclic) bond motifs is 1. The van der Waals surface area contributed by atoms with Gasteiger partial charge in [0.1, 0.15) is 0 Å². The highest BCUT2D eigenvalue weighted by Crippen LogP contribution is 2.44. The molecule has 1 aromatic heterocycles. The first-order chi connectivity index (χ1) is 15.8. The van der Waals surface area contributed by atoms with Crippen molar-refractivity contribution in [1.29, 1.82) is 0 Å². The van der Waals surface area contributed by atoms with Crippen LogP contribution >= 0.6 is 11.3 Å². The van der Waals surface area contributed by atoms with Gasteiger partial charge in [-0.05, 0) is 98.2 Å². The molecule has 1 aliphatic heterocycles. The van der Waals surface area contributed by atoms with Gasteiger partial charge in [-0.1, -0.05) is 19.1 Å². The number of piperidine rings is 1. The average Bonchev–Trinajstić information content (AvgIpc) is 3.42. The zero-order chi connectivity index (χ0) is 23.2. The number of amides is 1. The minimum atomic E-state index is -4.31. The molecular formula is C26H33F3N2OS. The molecule has 180 valence electrons.